The predicted molar refractivity (Wildman–Crippen MR) is 135 cm³/mol. The minimum atomic E-state index is -4.90. The second-order valence-electron chi connectivity index (χ2n) is 7.98. The molecule has 0 aliphatic carbocycles. The van der Waals surface area contributed by atoms with Crippen molar-refractivity contribution in [2.24, 2.45) is 10.3 Å². The summed E-state index contributed by atoms with van der Waals surface area (Å²) in [5.41, 5.74) is 3.31. The van der Waals surface area contributed by atoms with Gasteiger partial charge in [0.05, 0.1) is 11.3 Å². The molecule has 2 amide bonds. The van der Waals surface area contributed by atoms with Crippen LogP contribution in [0, 0.1) is 19.3 Å². The van der Waals surface area contributed by atoms with Gasteiger partial charge >= 0.3 is 6.18 Å². The lowest BCUT2D eigenvalue weighted by Gasteiger charge is -2.15. The highest BCUT2D eigenvalue weighted by molar-refractivity contribution is 9.10. The van der Waals surface area contributed by atoms with E-state index >= 15 is 0 Å². The van der Waals surface area contributed by atoms with Gasteiger partial charge in [-0.2, -0.15) is 23.7 Å². The van der Waals surface area contributed by atoms with Crippen LogP contribution < -0.4 is 16.1 Å². The summed E-state index contributed by atoms with van der Waals surface area (Å²) >= 11 is 3.37. The maximum atomic E-state index is 13.5. The summed E-state index contributed by atoms with van der Waals surface area (Å²) in [6.07, 6.45) is -3.38. The monoisotopic (exact) mass is 594 g/mol. The number of halogens is 4. The Kier molecular flexibility index (Phi) is 9.06. The number of nitrogens with two attached hydrogens (primary N) is 1. The van der Waals surface area contributed by atoms with E-state index < -0.39 is 17.9 Å². The predicted octanol–water partition coefficient (Wildman–Crippen LogP) is 3.62. The van der Waals surface area contributed by atoms with Gasteiger partial charge in [0.2, 0.25) is 0 Å². The van der Waals surface area contributed by atoms with E-state index in [9.17, 15) is 22.8 Å². The van der Waals surface area contributed by atoms with Crippen molar-refractivity contribution in [3.05, 3.63) is 69.1 Å². The smallest absolute Gasteiger partial charge is 0.352 e. The number of nitrogens with one attached hydrogen (secondary N) is 3. The molecule has 200 valence electrons. The quantitative estimate of drug-likeness (QED) is 0.103. The molecule has 38 heavy (non-hydrogen) atoms. The molecule has 15 heteroatoms. The zero-order valence-electron chi connectivity index (χ0n) is 20.5. The molecule has 2 aromatic heterocycles. The first kappa shape index (κ1) is 28.6. The third-order valence-corrected chi connectivity index (χ3v) is 5.56. The number of carbonyl (C=O) groups excluding carboxylic acids is 2. The first-order chi connectivity index (χ1) is 17.9. The molecule has 0 atom stereocenters. The number of benzene rings is 1. The number of aromatic nitrogens is 3. The Morgan fingerprint density at radius 3 is 2.58 bits per heavy atom. The van der Waals surface area contributed by atoms with Crippen LogP contribution in [0.25, 0.3) is 5.82 Å². The van der Waals surface area contributed by atoms with Gasteiger partial charge in [-0.3, -0.25) is 15.0 Å². The van der Waals surface area contributed by atoms with Gasteiger partial charge in [0, 0.05) is 22.4 Å². The maximum Gasteiger partial charge on any atom is 0.453 e. The molecule has 1 aromatic carbocycles. The number of rotatable bonds is 8. The Hall–Kier alpha value is -3.98. The molecule has 0 bridgehead atoms. The van der Waals surface area contributed by atoms with Gasteiger partial charge in [-0.05, 0) is 56.2 Å². The van der Waals surface area contributed by atoms with Gasteiger partial charge in [-0.1, -0.05) is 27.1 Å². The number of amidine groups is 1. The van der Waals surface area contributed by atoms with E-state index in [1.165, 1.54) is 16.9 Å². The summed E-state index contributed by atoms with van der Waals surface area (Å²) in [6, 6.07) is 8.28. The minimum Gasteiger partial charge on any atom is -0.352 e. The van der Waals surface area contributed by atoms with Crippen LogP contribution in [0.4, 0.5) is 18.9 Å². The maximum absolute atomic E-state index is 13.5. The van der Waals surface area contributed by atoms with Crippen molar-refractivity contribution < 1.29 is 28.2 Å². The Morgan fingerprint density at radius 1 is 1.18 bits per heavy atom. The summed E-state index contributed by atoms with van der Waals surface area (Å²) in [5.74, 6) is -2.44. The molecule has 0 saturated carbocycles. The van der Waals surface area contributed by atoms with Crippen LogP contribution in [-0.2, 0) is 6.54 Å². The van der Waals surface area contributed by atoms with Crippen LogP contribution in [0.5, 0.6) is 0 Å². The number of amides is 2. The number of pyridine rings is 1. The third-order valence-electron chi connectivity index (χ3n) is 5.10. The lowest BCUT2D eigenvalue weighted by atomic mass is 10.1. The fraction of sp³-hybridized carbons (Fsp3) is 0.261. The fourth-order valence-electron chi connectivity index (χ4n) is 3.36. The number of carbonyl (C=O) groups is 2. The van der Waals surface area contributed by atoms with Gasteiger partial charge in [0.15, 0.2) is 5.82 Å². The summed E-state index contributed by atoms with van der Waals surface area (Å²) in [4.78, 5) is 30.4. The molecule has 0 fully saturated rings. The van der Waals surface area contributed by atoms with Crippen LogP contribution >= 0.6 is 15.9 Å². The third kappa shape index (κ3) is 6.86. The van der Waals surface area contributed by atoms with Crippen molar-refractivity contribution >= 4 is 39.3 Å². The Labute approximate surface area is 223 Å². The van der Waals surface area contributed by atoms with E-state index in [1.54, 1.807) is 45.0 Å². The minimum absolute atomic E-state index is 0.0688. The second-order valence-corrected chi connectivity index (χ2v) is 8.90. The zero-order valence-corrected chi connectivity index (χ0v) is 22.1. The summed E-state index contributed by atoms with van der Waals surface area (Å²) in [6.45, 7) is 5.62. The average Bonchev–Trinajstić information content (AvgIpc) is 3.27. The Bertz CT molecular complexity index is 1400. The van der Waals surface area contributed by atoms with Gasteiger partial charge in [-0.15, -0.1) is 0 Å². The molecule has 5 N–H and O–H groups in total. The van der Waals surface area contributed by atoms with Crippen LogP contribution in [0.1, 0.15) is 44.6 Å². The largest absolute Gasteiger partial charge is 0.453 e. The number of alkyl halides is 3. The van der Waals surface area contributed by atoms with E-state index in [-0.39, 0.29) is 29.4 Å². The fourth-order valence-corrected chi connectivity index (χ4v) is 3.94. The van der Waals surface area contributed by atoms with Crippen molar-refractivity contribution in [2.45, 2.75) is 33.5 Å². The molecule has 0 aliphatic heterocycles. The lowest BCUT2D eigenvalue weighted by molar-refractivity contribution is -0.684. The molecule has 0 spiro atoms. The van der Waals surface area contributed by atoms with Crippen LogP contribution in [0.2, 0.25) is 0 Å². The zero-order chi connectivity index (χ0) is 28.0. The standard InChI is InChI=1S/C23H23BrF3N9O2/c1-4-29-20(37)16-9-14(24)8-13(3)18(16)32-21(38)17-10-15(11-31-35-33-22(28)23(25,26)27)34-36(17)19-12(2)6-5-7-30-19/h5-10H,4,11H2,1-3H3,(H,29,37)(H,32,38)(H2,28,31,33)/p+1. The molecule has 3 rings (SSSR count). The lowest BCUT2D eigenvalue weighted by Crippen LogP contribution is -2.76. The molecular weight excluding hydrogens is 571 g/mol. The van der Waals surface area contributed by atoms with E-state index in [4.69, 9.17) is 5.41 Å². The number of anilines is 1. The van der Waals surface area contributed by atoms with Crippen molar-refractivity contribution in [2.75, 3.05) is 11.9 Å². The van der Waals surface area contributed by atoms with Crippen molar-refractivity contribution in [1.29, 1.82) is 5.41 Å². The van der Waals surface area contributed by atoms with E-state index in [1.807, 2.05) is 0 Å². The highest BCUT2D eigenvalue weighted by Crippen LogP contribution is 2.27. The van der Waals surface area contributed by atoms with E-state index in [0.717, 1.165) is 5.43 Å². The van der Waals surface area contributed by atoms with Crippen LogP contribution in [0.3, 0.4) is 0 Å². The number of nitrogens with zero attached hydrogens (tertiary/aromatic N) is 5. The van der Waals surface area contributed by atoms with Crippen molar-refractivity contribution in [3.8, 4) is 5.82 Å². The van der Waals surface area contributed by atoms with E-state index in [0.29, 0.717) is 33.6 Å². The van der Waals surface area contributed by atoms with Gasteiger partial charge in [0.25, 0.3) is 17.6 Å². The highest BCUT2D eigenvalue weighted by Gasteiger charge is 2.35. The summed E-state index contributed by atoms with van der Waals surface area (Å²) < 4.78 is 39.3. The number of hydrogen-bond donors (Lipinski definition) is 4. The van der Waals surface area contributed by atoms with Crippen LogP contribution in [-0.4, -0.2) is 45.1 Å². The molecule has 0 aliphatic rings. The number of hydrogen-bond acceptors (Lipinski definition) is 6. The molecule has 0 unspecified atom stereocenters. The molecule has 11 nitrogen and oxygen atoms in total. The topological polar surface area (TPSA) is 154 Å². The van der Waals surface area contributed by atoms with Crippen molar-refractivity contribution in [3.63, 3.8) is 0 Å². The molecule has 2 heterocycles. The Balaban J connectivity index is 1.96. The SMILES string of the molecule is CCNC(=O)c1cc(Br)cc(C)c1NC(=O)c1cc(C[NH2+]N=NC(=N)C(F)(F)F)nn1-c1ncccc1C. The molecule has 0 saturated heterocycles. The normalized spacial score (nSPS) is 11.6. The van der Waals surface area contributed by atoms with Gasteiger partial charge in [-0.25, -0.2) is 9.67 Å². The van der Waals surface area contributed by atoms with Crippen molar-refractivity contribution in [1.82, 2.24) is 20.1 Å². The number of aryl methyl sites for hydroxylation is 2. The Morgan fingerprint density at radius 2 is 1.92 bits per heavy atom. The summed E-state index contributed by atoms with van der Waals surface area (Å²) in [5, 5.41) is 22.8. The molecule has 0 radical (unpaired) electrons. The van der Waals surface area contributed by atoms with E-state index in [2.05, 4.69) is 47.0 Å². The first-order valence-electron chi connectivity index (χ1n) is 11.2. The van der Waals surface area contributed by atoms with Gasteiger partial charge < -0.3 is 10.6 Å². The van der Waals surface area contributed by atoms with Gasteiger partial charge in [0.1, 0.15) is 17.9 Å². The first-order valence-corrected chi connectivity index (χ1v) is 12.0. The molecule has 3 aromatic rings. The number of quaternary nitrogens is 1. The van der Waals surface area contributed by atoms with Crippen LogP contribution in [0.15, 0.2) is 51.3 Å². The average molecular weight is 595 g/mol. The highest BCUT2D eigenvalue weighted by atomic mass is 79.9. The molecular formula is C23H24BrF3N9O2+. The summed E-state index contributed by atoms with van der Waals surface area (Å²) in [7, 11) is 0. The second kappa shape index (κ2) is 12.0.